The third-order valence-corrected chi connectivity index (χ3v) is 8.29. The van der Waals surface area contributed by atoms with Crippen molar-refractivity contribution in [1.82, 2.24) is 0 Å². The first-order valence-electron chi connectivity index (χ1n) is 9.33. The largest absolute Gasteiger partial charge is 0.326 e. The summed E-state index contributed by atoms with van der Waals surface area (Å²) in [4.78, 5) is 26.8. The number of rotatable bonds is 6. The number of amidine groups is 1. The van der Waals surface area contributed by atoms with Crippen LogP contribution in [0.3, 0.4) is 0 Å². The minimum atomic E-state index is -4.01. The van der Waals surface area contributed by atoms with Gasteiger partial charge in [-0.1, -0.05) is 36.0 Å². The van der Waals surface area contributed by atoms with Gasteiger partial charge in [0.1, 0.15) is 15.3 Å². The van der Waals surface area contributed by atoms with Gasteiger partial charge in [0.2, 0.25) is 11.8 Å². The van der Waals surface area contributed by atoms with Gasteiger partial charge in [0, 0.05) is 12.1 Å². The van der Waals surface area contributed by atoms with Crippen molar-refractivity contribution in [3.8, 4) is 0 Å². The van der Waals surface area contributed by atoms with Gasteiger partial charge in [-0.3, -0.25) is 14.5 Å². The predicted octanol–water partition coefficient (Wildman–Crippen LogP) is 4.11. The van der Waals surface area contributed by atoms with Gasteiger partial charge in [0.05, 0.1) is 5.69 Å². The summed E-state index contributed by atoms with van der Waals surface area (Å²) in [5.41, 5.74) is 0.840. The fourth-order valence-corrected chi connectivity index (χ4v) is 6.25. The van der Waals surface area contributed by atoms with Crippen LogP contribution in [0.5, 0.6) is 0 Å². The van der Waals surface area contributed by atoms with Crippen LogP contribution in [-0.2, 0) is 19.6 Å². The second kappa shape index (κ2) is 9.23. The number of hydrogen-bond acceptors (Lipinski definition) is 6. The standard InChI is InChI=1S/C21H16FN3O4S3/c22-14-8-10-15(11-9-14)23-18(26)13-17-20(27)25(16-5-2-1-3-6-16)21(31-17)24-32(28,29)19-7-4-12-30-19/h1-12,17H,13H2,(H,23,26). The lowest BCUT2D eigenvalue weighted by atomic mass is 10.2. The minimum absolute atomic E-state index is 0.0193. The van der Waals surface area contributed by atoms with E-state index in [2.05, 4.69) is 9.71 Å². The van der Waals surface area contributed by atoms with Crippen molar-refractivity contribution in [3.63, 3.8) is 0 Å². The zero-order valence-electron chi connectivity index (χ0n) is 16.3. The molecule has 0 saturated carbocycles. The van der Waals surface area contributed by atoms with Crippen molar-refractivity contribution in [2.75, 3.05) is 10.2 Å². The van der Waals surface area contributed by atoms with Gasteiger partial charge < -0.3 is 5.32 Å². The van der Waals surface area contributed by atoms with E-state index in [-0.39, 0.29) is 15.8 Å². The van der Waals surface area contributed by atoms with E-state index < -0.39 is 32.9 Å². The molecule has 3 aromatic rings. The predicted molar refractivity (Wildman–Crippen MR) is 124 cm³/mol. The van der Waals surface area contributed by atoms with E-state index >= 15 is 0 Å². The lowest BCUT2D eigenvalue weighted by Crippen LogP contribution is -2.33. The maximum absolute atomic E-state index is 13.1. The van der Waals surface area contributed by atoms with Crippen molar-refractivity contribution >= 4 is 61.5 Å². The molecule has 1 aliphatic heterocycles. The Kier molecular flexibility index (Phi) is 6.40. The Morgan fingerprint density at radius 2 is 1.78 bits per heavy atom. The van der Waals surface area contributed by atoms with Gasteiger partial charge in [-0.2, -0.15) is 8.42 Å². The number of nitrogens with one attached hydrogen (secondary N) is 1. The average Bonchev–Trinajstić information content (AvgIpc) is 3.40. The van der Waals surface area contributed by atoms with Gasteiger partial charge >= 0.3 is 0 Å². The number of benzene rings is 2. The summed E-state index contributed by atoms with van der Waals surface area (Å²) < 4.78 is 42.4. The first-order valence-corrected chi connectivity index (χ1v) is 12.5. The number of carbonyl (C=O) groups is 2. The third kappa shape index (κ3) is 4.90. The Hall–Kier alpha value is -3.02. The lowest BCUT2D eigenvalue weighted by molar-refractivity contribution is -0.121. The molecule has 1 atom stereocenters. The molecule has 1 aliphatic rings. The Bertz CT molecular complexity index is 1260. The normalized spacial score (nSPS) is 17.7. The molecule has 1 unspecified atom stereocenters. The molecule has 164 valence electrons. The van der Waals surface area contributed by atoms with E-state index in [1.807, 2.05) is 0 Å². The number of hydrogen-bond donors (Lipinski definition) is 1. The summed E-state index contributed by atoms with van der Waals surface area (Å²) >= 11 is 1.94. The second-order valence-corrected chi connectivity index (χ2v) is 10.6. The molecule has 2 heterocycles. The highest BCUT2D eigenvalue weighted by Crippen LogP contribution is 2.35. The van der Waals surface area contributed by atoms with Crippen molar-refractivity contribution in [2.45, 2.75) is 15.9 Å². The number of carbonyl (C=O) groups excluding carboxylic acids is 2. The Morgan fingerprint density at radius 3 is 2.44 bits per heavy atom. The molecule has 4 rings (SSSR count). The van der Waals surface area contributed by atoms with Gasteiger partial charge in [0.15, 0.2) is 5.17 Å². The molecule has 1 fully saturated rings. The van der Waals surface area contributed by atoms with Gasteiger partial charge in [0.25, 0.3) is 10.0 Å². The maximum atomic E-state index is 13.1. The van der Waals surface area contributed by atoms with Crippen LogP contribution >= 0.6 is 23.1 Å². The molecule has 0 spiro atoms. The minimum Gasteiger partial charge on any atom is -0.326 e. The maximum Gasteiger partial charge on any atom is 0.294 e. The molecular formula is C21H16FN3O4S3. The smallest absolute Gasteiger partial charge is 0.294 e. The molecule has 7 nitrogen and oxygen atoms in total. The van der Waals surface area contributed by atoms with Crippen molar-refractivity contribution in [3.05, 3.63) is 77.9 Å². The van der Waals surface area contributed by atoms with E-state index in [0.717, 1.165) is 23.1 Å². The molecule has 2 aromatic carbocycles. The molecule has 1 N–H and O–H groups in total. The van der Waals surface area contributed by atoms with Crippen LogP contribution in [0.15, 0.2) is 80.7 Å². The molecule has 0 bridgehead atoms. The van der Waals surface area contributed by atoms with E-state index in [4.69, 9.17) is 0 Å². The van der Waals surface area contributed by atoms with E-state index in [1.165, 1.54) is 35.2 Å². The lowest BCUT2D eigenvalue weighted by Gasteiger charge is -2.16. The van der Waals surface area contributed by atoms with E-state index in [9.17, 15) is 22.4 Å². The highest BCUT2D eigenvalue weighted by atomic mass is 32.2. The van der Waals surface area contributed by atoms with Crippen LogP contribution < -0.4 is 10.2 Å². The number of anilines is 2. The number of thiophene rings is 1. The summed E-state index contributed by atoms with van der Waals surface area (Å²) in [6.07, 6.45) is -0.206. The number of para-hydroxylation sites is 1. The van der Waals surface area contributed by atoms with E-state index in [0.29, 0.717) is 11.4 Å². The van der Waals surface area contributed by atoms with Crippen LogP contribution in [0.2, 0.25) is 0 Å². The summed E-state index contributed by atoms with van der Waals surface area (Å²) in [6.45, 7) is 0. The topological polar surface area (TPSA) is 95.9 Å². The first-order chi connectivity index (χ1) is 15.3. The van der Waals surface area contributed by atoms with Crippen molar-refractivity contribution in [1.29, 1.82) is 0 Å². The quantitative estimate of drug-likeness (QED) is 0.562. The third-order valence-electron chi connectivity index (χ3n) is 4.40. The van der Waals surface area contributed by atoms with Crippen LogP contribution in [0.4, 0.5) is 15.8 Å². The van der Waals surface area contributed by atoms with Crippen LogP contribution in [0.1, 0.15) is 6.42 Å². The molecule has 1 saturated heterocycles. The second-order valence-electron chi connectivity index (χ2n) is 6.66. The number of amides is 2. The molecule has 32 heavy (non-hydrogen) atoms. The highest BCUT2D eigenvalue weighted by molar-refractivity contribution is 8.16. The van der Waals surface area contributed by atoms with Gasteiger partial charge in [-0.25, -0.2) is 4.39 Å². The number of nitrogens with zero attached hydrogens (tertiary/aromatic N) is 2. The molecule has 2 amide bonds. The number of thioether (sulfide) groups is 1. The summed E-state index contributed by atoms with van der Waals surface area (Å²) in [7, 11) is -4.01. The Morgan fingerprint density at radius 1 is 1.06 bits per heavy atom. The highest BCUT2D eigenvalue weighted by Gasteiger charge is 2.41. The summed E-state index contributed by atoms with van der Waals surface area (Å²) in [6, 6.07) is 16.8. The summed E-state index contributed by atoms with van der Waals surface area (Å²) in [5, 5.41) is 3.35. The molecule has 0 radical (unpaired) electrons. The Balaban J connectivity index is 1.60. The number of sulfonamides is 1. The Labute approximate surface area is 192 Å². The average molecular weight is 490 g/mol. The van der Waals surface area contributed by atoms with Crippen molar-refractivity contribution in [2.24, 2.45) is 4.40 Å². The van der Waals surface area contributed by atoms with Crippen LogP contribution in [-0.4, -0.2) is 30.6 Å². The van der Waals surface area contributed by atoms with E-state index in [1.54, 1.807) is 41.8 Å². The fourth-order valence-electron chi connectivity index (χ4n) is 2.95. The number of halogens is 1. The first kappa shape index (κ1) is 22.2. The molecule has 0 aliphatic carbocycles. The van der Waals surface area contributed by atoms with Gasteiger partial charge in [-0.05, 0) is 47.8 Å². The summed E-state index contributed by atoms with van der Waals surface area (Å²) in [5.74, 6) is -1.34. The van der Waals surface area contributed by atoms with Crippen LogP contribution in [0.25, 0.3) is 0 Å². The van der Waals surface area contributed by atoms with Crippen LogP contribution in [0, 0.1) is 5.82 Å². The molecule has 1 aromatic heterocycles. The van der Waals surface area contributed by atoms with Crippen molar-refractivity contribution < 1.29 is 22.4 Å². The zero-order chi connectivity index (χ0) is 22.7. The fraction of sp³-hybridized carbons (Fsp3) is 0.0952. The monoisotopic (exact) mass is 489 g/mol. The zero-order valence-corrected chi connectivity index (χ0v) is 18.8. The molecule has 11 heteroatoms. The molecular weight excluding hydrogens is 473 g/mol. The SMILES string of the molecule is O=C(CC1SC(=NS(=O)(=O)c2cccs2)N(c2ccccc2)C1=O)Nc1ccc(F)cc1. The van der Waals surface area contributed by atoms with Gasteiger partial charge in [-0.15, -0.1) is 15.7 Å².